The number of hydrogen-bond donors (Lipinski definition) is 0. The summed E-state index contributed by atoms with van der Waals surface area (Å²) in [6.45, 7) is 3.82. The van der Waals surface area contributed by atoms with Crippen molar-refractivity contribution in [3.63, 3.8) is 0 Å². The number of hydrogen-bond acceptors (Lipinski definition) is 3. The van der Waals surface area contributed by atoms with E-state index >= 15 is 0 Å². The van der Waals surface area contributed by atoms with Gasteiger partial charge in [0.25, 0.3) is 0 Å². The fraction of sp³-hybridized carbons (Fsp3) is 0.235. The second-order valence-corrected chi connectivity index (χ2v) is 4.52. The molecule has 0 unspecified atom stereocenters. The molecular formula is C17H17FN2O. The van der Waals surface area contributed by atoms with E-state index in [1.165, 1.54) is 12.1 Å². The molecule has 0 aromatic heterocycles. The zero-order valence-electron chi connectivity index (χ0n) is 11.9. The van der Waals surface area contributed by atoms with E-state index in [-0.39, 0.29) is 5.82 Å². The van der Waals surface area contributed by atoms with Crippen molar-refractivity contribution in [3.8, 4) is 11.8 Å². The van der Waals surface area contributed by atoms with E-state index in [1.54, 1.807) is 24.3 Å². The first-order valence-corrected chi connectivity index (χ1v) is 6.87. The van der Waals surface area contributed by atoms with Gasteiger partial charge in [-0.05, 0) is 37.3 Å². The summed E-state index contributed by atoms with van der Waals surface area (Å²) in [5, 5.41) is 9.00. The van der Waals surface area contributed by atoms with Gasteiger partial charge in [0, 0.05) is 12.2 Å². The molecule has 0 atom stereocenters. The Balaban J connectivity index is 1.97. The SMILES string of the molecule is CCN(CCOc1ccccc1C#N)c1cccc(F)c1. The van der Waals surface area contributed by atoms with Crippen LogP contribution in [0.1, 0.15) is 12.5 Å². The first-order valence-electron chi connectivity index (χ1n) is 6.87. The lowest BCUT2D eigenvalue weighted by Gasteiger charge is -2.23. The molecule has 2 aromatic carbocycles. The zero-order valence-corrected chi connectivity index (χ0v) is 11.9. The molecule has 0 amide bonds. The van der Waals surface area contributed by atoms with Gasteiger partial charge in [0.15, 0.2) is 0 Å². The lowest BCUT2D eigenvalue weighted by Crippen LogP contribution is -2.28. The number of likely N-dealkylation sites (N-methyl/N-ethyl adjacent to an activating group) is 1. The van der Waals surface area contributed by atoms with Crippen LogP contribution < -0.4 is 9.64 Å². The molecule has 0 radical (unpaired) electrons. The van der Waals surface area contributed by atoms with E-state index in [2.05, 4.69) is 6.07 Å². The summed E-state index contributed by atoms with van der Waals surface area (Å²) >= 11 is 0. The zero-order chi connectivity index (χ0) is 15.1. The maximum absolute atomic E-state index is 13.3. The Bertz CT molecular complexity index is 637. The molecule has 0 saturated heterocycles. The minimum Gasteiger partial charge on any atom is -0.490 e. The lowest BCUT2D eigenvalue weighted by molar-refractivity contribution is 0.323. The van der Waals surface area contributed by atoms with E-state index in [4.69, 9.17) is 10.00 Å². The van der Waals surface area contributed by atoms with Gasteiger partial charge in [-0.2, -0.15) is 5.26 Å². The molecule has 0 fully saturated rings. The minimum absolute atomic E-state index is 0.248. The van der Waals surface area contributed by atoms with Gasteiger partial charge in [-0.3, -0.25) is 0 Å². The quantitative estimate of drug-likeness (QED) is 0.813. The Morgan fingerprint density at radius 3 is 2.71 bits per heavy atom. The fourth-order valence-corrected chi connectivity index (χ4v) is 2.09. The smallest absolute Gasteiger partial charge is 0.137 e. The highest BCUT2D eigenvalue weighted by Crippen LogP contribution is 2.18. The number of nitriles is 1. The molecule has 2 rings (SSSR count). The van der Waals surface area contributed by atoms with Crippen molar-refractivity contribution in [3.05, 3.63) is 59.9 Å². The van der Waals surface area contributed by atoms with Crippen molar-refractivity contribution < 1.29 is 9.13 Å². The van der Waals surface area contributed by atoms with Crippen LogP contribution in [-0.4, -0.2) is 19.7 Å². The van der Waals surface area contributed by atoms with Gasteiger partial charge in [0.1, 0.15) is 24.2 Å². The molecular weight excluding hydrogens is 267 g/mol. The third kappa shape index (κ3) is 3.96. The van der Waals surface area contributed by atoms with Crippen molar-refractivity contribution in [2.24, 2.45) is 0 Å². The molecule has 0 aliphatic rings. The maximum Gasteiger partial charge on any atom is 0.137 e. The van der Waals surface area contributed by atoms with Crippen LogP contribution >= 0.6 is 0 Å². The van der Waals surface area contributed by atoms with E-state index in [0.29, 0.717) is 24.5 Å². The Hall–Kier alpha value is -2.54. The minimum atomic E-state index is -0.248. The van der Waals surface area contributed by atoms with E-state index in [9.17, 15) is 4.39 Å². The van der Waals surface area contributed by atoms with Crippen LogP contribution in [0.4, 0.5) is 10.1 Å². The first-order chi connectivity index (χ1) is 10.2. The molecule has 2 aromatic rings. The predicted octanol–water partition coefficient (Wildman–Crippen LogP) is 3.60. The molecule has 0 aliphatic heterocycles. The van der Waals surface area contributed by atoms with Crippen molar-refractivity contribution >= 4 is 5.69 Å². The summed E-state index contributed by atoms with van der Waals surface area (Å²) in [7, 11) is 0. The highest BCUT2D eigenvalue weighted by atomic mass is 19.1. The number of nitrogens with zero attached hydrogens (tertiary/aromatic N) is 2. The largest absolute Gasteiger partial charge is 0.490 e. The topological polar surface area (TPSA) is 36.3 Å². The van der Waals surface area contributed by atoms with Gasteiger partial charge in [-0.1, -0.05) is 18.2 Å². The standard InChI is InChI=1S/C17H17FN2O/c1-2-20(16-8-5-7-15(18)12-16)10-11-21-17-9-4-3-6-14(17)13-19/h3-9,12H,2,10-11H2,1H3. The number of benzene rings is 2. The normalized spacial score (nSPS) is 9.95. The summed E-state index contributed by atoms with van der Waals surface area (Å²) in [6.07, 6.45) is 0. The third-order valence-corrected chi connectivity index (χ3v) is 3.18. The maximum atomic E-state index is 13.3. The number of halogens is 1. The molecule has 0 saturated carbocycles. The lowest BCUT2D eigenvalue weighted by atomic mass is 10.2. The molecule has 3 nitrogen and oxygen atoms in total. The third-order valence-electron chi connectivity index (χ3n) is 3.18. The van der Waals surface area contributed by atoms with Crippen LogP contribution in [0.15, 0.2) is 48.5 Å². The molecule has 0 spiro atoms. The van der Waals surface area contributed by atoms with Crippen molar-refractivity contribution in [1.29, 1.82) is 5.26 Å². The molecule has 21 heavy (non-hydrogen) atoms. The van der Waals surface area contributed by atoms with Gasteiger partial charge < -0.3 is 9.64 Å². The molecule has 108 valence electrons. The van der Waals surface area contributed by atoms with Crippen molar-refractivity contribution in [2.75, 3.05) is 24.6 Å². The van der Waals surface area contributed by atoms with Crippen LogP contribution in [0.3, 0.4) is 0 Å². The van der Waals surface area contributed by atoms with Crippen molar-refractivity contribution in [1.82, 2.24) is 0 Å². The van der Waals surface area contributed by atoms with E-state index in [0.717, 1.165) is 12.2 Å². The van der Waals surface area contributed by atoms with Gasteiger partial charge in [-0.15, -0.1) is 0 Å². The Labute approximate surface area is 124 Å². The van der Waals surface area contributed by atoms with E-state index < -0.39 is 0 Å². The second-order valence-electron chi connectivity index (χ2n) is 4.52. The second kappa shape index (κ2) is 7.30. The van der Waals surface area contributed by atoms with Gasteiger partial charge >= 0.3 is 0 Å². The molecule has 0 aliphatic carbocycles. The van der Waals surface area contributed by atoms with Crippen LogP contribution in [0.2, 0.25) is 0 Å². The monoisotopic (exact) mass is 284 g/mol. The van der Waals surface area contributed by atoms with Gasteiger partial charge in [-0.25, -0.2) is 4.39 Å². The van der Waals surface area contributed by atoms with E-state index in [1.807, 2.05) is 24.0 Å². The summed E-state index contributed by atoms with van der Waals surface area (Å²) in [6, 6.07) is 15.7. The number of para-hydroxylation sites is 1. The highest BCUT2D eigenvalue weighted by molar-refractivity contribution is 5.46. The van der Waals surface area contributed by atoms with Crippen LogP contribution in [-0.2, 0) is 0 Å². The number of ether oxygens (including phenoxy) is 1. The Morgan fingerprint density at radius 1 is 1.19 bits per heavy atom. The van der Waals surface area contributed by atoms with Crippen molar-refractivity contribution in [2.45, 2.75) is 6.92 Å². The van der Waals surface area contributed by atoms with Gasteiger partial charge in [0.05, 0.1) is 12.1 Å². The summed E-state index contributed by atoms with van der Waals surface area (Å²) in [5.41, 5.74) is 1.35. The fourth-order valence-electron chi connectivity index (χ4n) is 2.09. The van der Waals surface area contributed by atoms with Crippen LogP contribution in [0.5, 0.6) is 5.75 Å². The summed E-state index contributed by atoms with van der Waals surface area (Å²) < 4.78 is 18.9. The van der Waals surface area contributed by atoms with Gasteiger partial charge in [0.2, 0.25) is 0 Å². The molecule has 0 heterocycles. The Morgan fingerprint density at radius 2 is 2.00 bits per heavy atom. The average Bonchev–Trinajstić information content (AvgIpc) is 2.52. The predicted molar refractivity (Wildman–Crippen MR) is 80.9 cm³/mol. The average molecular weight is 284 g/mol. The number of rotatable bonds is 6. The summed E-state index contributed by atoms with van der Waals surface area (Å²) in [5.74, 6) is 0.331. The first kappa shape index (κ1) is 14.9. The molecule has 0 bridgehead atoms. The molecule has 4 heteroatoms. The van der Waals surface area contributed by atoms with Crippen LogP contribution in [0, 0.1) is 17.1 Å². The number of anilines is 1. The van der Waals surface area contributed by atoms with Crippen LogP contribution in [0.25, 0.3) is 0 Å². The molecule has 0 N–H and O–H groups in total. The highest BCUT2D eigenvalue weighted by Gasteiger charge is 2.07. The Kier molecular flexibility index (Phi) is 5.16. The summed E-state index contributed by atoms with van der Waals surface area (Å²) in [4.78, 5) is 2.03.